The lowest BCUT2D eigenvalue weighted by Gasteiger charge is -2.16. The van der Waals surface area contributed by atoms with Crippen molar-refractivity contribution in [3.05, 3.63) is 169 Å². The molecule has 188 valence electrons. The van der Waals surface area contributed by atoms with Crippen molar-refractivity contribution in [2.45, 2.75) is 12.6 Å². The van der Waals surface area contributed by atoms with Crippen LogP contribution in [0.1, 0.15) is 22.7 Å². The number of aromatic nitrogens is 3. The van der Waals surface area contributed by atoms with Crippen LogP contribution in [0, 0.1) is 0 Å². The zero-order chi connectivity index (χ0) is 26.5. The third kappa shape index (κ3) is 3.55. The van der Waals surface area contributed by atoms with Gasteiger partial charge in [-0.2, -0.15) is 13.7 Å². The molecular weight excluding hydrogens is 486 g/mol. The van der Waals surface area contributed by atoms with E-state index in [0.717, 1.165) is 6.54 Å². The van der Waals surface area contributed by atoms with E-state index in [0.29, 0.717) is 0 Å². The van der Waals surface area contributed by atoms with Crippen molar-refractivity contribution in [3.63, 3.8) is 0 Å². The van der Waals surface area contributed by atoms with E-state index in [9.17, 15) is 0 Å². The molecule has 3 aromatic heterocycles. The molecule has 2 aliphatic rings. The van der Waals surface area contributed by atoms with E-state index in [4.69, 9.17) is 0 Å². The summed E-state index contributed by atoms with van der Waals surface area (Å²) in [6.45, 7) is 0.777. The summed E-state index contributed by atoms with van der Waals surface area (Å²) < 4.78 is 7.21. The third-order valence-corrected chi connectivity index (χ3v) is 8.23. The molecule has 0 saturated carbocycles. The second-order valence-electron chi connectivity index (χ2n) is 10.4. The van der Waals surface area contributed by atoms with E-state index in [1.807, 2.05) is 0 Å². The lowest BCUT2D eigenvalue weighted by molar-refractivity contribution is -0.693. The molecule has 2 bridgehead atoms. The summed E-state index contributed by atoms with van der Waals surface area (Å²) in [5, 5.41) is 0. The van der Waals surface area contributed by atoms with E-state index in [2.05, 4.69) is 166 Å². The maximum absolute atomic E-state index is 2.45. The highest BCUT2D eigenvalue weighted by molar-refractivity contribution is 5.78. The van der Waals surface area contributed by atoms with E-state index in [-0.39, 0.29) is 6.04 Å². The molecule has 0 spiro atoms. The fourth-order valence-electron chi connectivity index (χ4n) is 6.44. The van der Waals surface area contributed by atoms with Crippen LogP contribution in [0.3, 0.4) is 0 Å². The standard InChI is InChI=1S/C37H28N3/c1-2-14-28-27(13-1)26-38-22-10-7-19-33(38)29-15-3-5-17-31(29)36-25-37(39-23-11-8-20-34(28)39)32-18-6-4-16-30(32)35-21-9-12-24-40(35)36/h1-25,36H,26H2/q+3. The van der Waals surface area contributed by atoms with E-state index in [1.165, 1.54) is 56.2 Å². The first-order chi connectivity index (χ1) is 19.9. The van der Waals surface area contributed by atoms with Gasteiger partial charge < -0.3 is 0 Å². The Hall–Kier alpha value is -5.15. The van der Waals surface area contributed by atoms with Gasteiger partial charge in [0.1, 0.15) is 0 Å². The Morgan fingerprint density at radius 1 is 0.475 bits per heavy atom. The average molecular weight is 515 g/mol. The minimum Gasteiger partial charge on any atom is -0.194 e. The summed E-state index contributed by atoms with van der Waals surface area (Å²) in [5.41, 5.74) is 12.3. The molecule has 2 aliphatic heterocycles. The highest BCUT2D eigenvalue weighted by atomic mass is 15.0. The second-order valence-corrected chi connectivity index (χ2v) is 10.4. The Kier molecular flexibility index (Phi) is 5.27. The number of benzene rings is 3. The smallest absolute Gasteiger partial charge is 0.194 e. The molecule has 0 aliphatic carbocycles. The van der Waals surface area contributed by atoms with Gasteiger partial charge in [-0.3, -0.25) is 0 Å². The molecular formula is C37H28N3+3. The predicted octanol–water partition coefficient (Wildman–Crippen LogP) is 6.40. The molecule has 3 heteroatoms. The first kappa shape index (κ1) is 22.8. The zero-order valence-corrected chi connectivity index (χ0v) is 22.1. The van der Waals surface area contributed by atoms with Gasteiger partial charge in [0, 0.05) is 47.5 Å². The summed E-state index contributed by atoms with van der Waals surface area (Å²) in [6.07, 6.45) is 9.10. The molecule has 5 heterocycles. The molecule has 1 unspecified atom stereocenters. The lowest BCUT2D eigenvalue weighted by Crippen LogP contribution is -2.43. The Labute approximate surface area is 234 Å². The number of rotatable bonds is 0. The van der Waals surface area contributed by atoms with Crippen molar-refractivity contribution < 1.29 is 13.7 Å². The van der Waals surface area contributed by atoms with Crippen LogP contribution in [0.2, 0.25) is 0 Å². The van der Waals surface area contributed by atoms with Crippen molar-refractivity contribution in [1.29, 1.82) is 0 Å². The van der Waals surface area contributed by atoms with Gasteiger partial charge >= 0.3 is 0 Å². The topological polar surface area (TPSA) is 11.6 Å². The van der Waals surface area contributed by atoms with Crippen molar-refractivity contribution in [1.82, 2.24) is 0 Å². The van der Waals surface area contributed by atoms with E-state index >= 15 is 0 Å². The second kappa shape index (κ2) is 9.25. The van der Waals surface area contributed by atoms with Gasteiger partial charge in [0.15, 0.2) is 25.1 Å². The number of hydrogen-bond donors (Lipinski definition) is 0. The van der Waals surface area contributed by atoms with Gasteiger partial charge in [0.05, 0.1) is 28.3 Å². The molecule has 0 N–H and O–H groups in total. The first-order valence-electron chi connectivity index (χ1n) is 13.9. The van der Waals surface area contributed by atoms with Gasteiger partial charge in [0.25, 0.3) is 0 Å². The number of nitrogens with zero attached hydrogens (tertiary/aromatic N) is 3. The highest BCUT2D eigenvalue weighted by Crippen LogP contribution is 2.36. The van der Waals surface area contributed by atoms with Crippen molar-refractivity contribution in [2.24, 2.45) is 0 Å². The number of fused-ring (bicyclic) bond motifs is 14. The summed E-state index contributed by atoms with van der Waals surface area (Å²) in [5.74, 6) is 0. The Morgan fingerprint density at radius 3 is 1.98 bits per heavy atom. The molecule has 0 fully saturated rings. The number of hydrogen-bond acceptors (Lipinski definition) is 0. The van der Waals surface area contributed by atoms with Crippen LogP contribution in [0.15, 0.2) is 152 Å². The Bertz CT molecular complexity index is 1950. The Balaban J connectivity index is 1.56. The molecule has 0 amide bonds. The number of allylic oxidation sites excluding steroid dienone is 1. The lowest BCUT2D eigenvalue weighted by atomic mass is 9.94. The average Bonchev–Trinajstić information content (AvgIpc) is 3.16. The maximum atomic E-state index is 2.45. The summed E-state index contributed by atoms with van der Waals surface area (Å²) in [4.78, 5) is 0. The fourth-order valence-corrected chi connectivity index (χ4v) is 6.44. The van der Waals surface area contributed by atoms with Crippen LogP contribution >= 0.6 is 0 Å². The van der Waals surface area contributed by atoms with Crippen LogP contribution in [0.25, 0.3) is 39.5 Å². The van der Waals surface area contributed by atoms with Gasteiger partial charge in [-0.05, 0) is 42.5 Å². The number of pyridine rings is 3. The normalized spacial score (nSPS) is 14.8. The van der Waals surface area contributed by atoms with Crippen molar-refractivity contribution >= 4 is 5.70 Å². The molecule has 40 heavy (non-hydrogen) atoms. The molecule has 0 saturated heterocycles. The molecule has 0 radical (unpaired) electrons. The maximum Gasteiger partial charge on any atom is 0.222 e. The Morgan fingerprint density at radius 2 is 1.10 bits per heavy atom. The van der Waals surface area contributed by atoms with Crippen LogP contribution in [0.4, 0.5) is 0 Å². The summed E-state index contributed by atoms with van der Waals surface area (Å²) in [7, 11) is 0. The molecule has 1 atom stereocenters. The van der Waals surface area contributed by atoms with E-state index < -0.39 is 0 Å². The third-order valence-electron chi connectivity index (χ3n) is 8.23. The van der Waals surface area contributed by atoms with Crippen LogP contribution in [-0.2, 0) is 6.54 Å². The van der Waals surface area contributed by atoms with Crippen molar-refractivity contribution in [2.75, 3.05) is 0 Å². The fraction of sp³-hybridized carbons (Fsp3) is 0.0541. The van der Waals surface area contributed by atoms with Gasteiger partial charge in [-0.25, -0.2) is 0 Å². The molecule has 3 aromatic carbocycles. The van der Waals surface area contributed by atoms with E-state index in [1.54, 1.807) is 0 Å². The molecule has 3 nitrogen and oxygen atoms in total. The minimum atomic E-state index is -0.0151. The summed E-state index contributed by atoms with van der Waals surface area (Å²) >= 11 is 0. The molecule has 8 rings (SSSR count). The monoisotopic (exact) mass is 514 g/mol. The SMILES string of the molecule is C1=C2c3ccccc3-c3cccc[n+]3C1c1ccccc1-c1cccc[n+]1Cc1ccccc1-c1cccc[n+]12. The quantitative estimate of drug-likeness (QED) is 0.208. The molecule has 6 aromatic rings. The van der Waals surface area contributed by atoms with Gasteiger partial charge in [-0.1, -0.05) is 48.5 Å². The largest absolute Gasteiger partial charge is 0.222 e. The van der Waals surface area contributed by atoms with Crippen LogP contribution < -0.4 is 13.7 Å². The van der Waals surface area contributed by atoms with Crippen LogP contribution in [0.5, 0.6) is 0 Å². The predicted molar refractivity (Wildman–Crippen MR) is 157 cm³/mol. The van der Waals surface area contributed by atoms with Gasteiger partial charge in [0.2, 0.25) is 28.8 Å². The van der Waals surface area contributed by atoms with Crippen LogP contribution in [-0.4, -0.2) is 0 Å². The van der Waals surface area contributed by atoms with Crippen molar-refractivity contribution in [3.8, 4) is 33.8 Å². The highest BCUT2D eigenvalue weighted by Gasteiger charge is 2.37. The minimum absolute atomic E-state index is 0.0151. The summed E-state index contributed by atoms with van der Waals surface area (Å²) in [6, 6.07) is 46.1. The van der Waals surface area contributed by atoms with Gasteiger partial charge in [-0.15, -0.1) is 0 Å². The first-order valence-corrected chi connectivity index (χ1v) is 13.9. The zero-order valence-electron chi connectivity index (χ0n) is 22.1.